The molecular formula is C16H19NO2. The van der Waals surface area contributed by atoms with Crippen LogP contribution in [0.4, 0.5) is 5.69 Å². The first-order valence-corrected chi connectivity index (χ1v) is 6.51. The predicted octanol–water partition coefficient (Wildman–Crippen LogP) is 3.51. The van der Waals surface area contributed by atoms with Crippen LogP contribution in [-0.4, -0.2) is 13.2 Å². The maximum atomic E-state index is 5.79. The largest absolute Gasteiger partial charge is 0.494 e. The summed E-state index contributed by atoms with van der Waals surface area (Å²) in [4.78, 5) is 0. The standard InChI is InChI=1S/C16H19NO2/c17-15-10-4-5-11-16(15)19-13-7-6-12-18-14-8-2-1-3-9-14/h1-5,8-11H,6-7,12-13,17H2. The fourth-order valence-electron chi connectivity index (χ4n) is 1.70. The number of benzene rings is 2. The van der Waals surface area contributed by atoms with Gasteiger partial charge in [0.15, 0.2) is 0 Å². The molecule has 19 heavy (non-hydrogen) atoms. The summed E-state index contributed by atoms with van der Waals surface area (Å²) in [5, 5.41) is 0. The normalized spacial score (nSPS) is 10.1. The highest BCUT2D eigenvalue weighted by Crippen LogP contribution is 2.19. The summed E-state index contributed by atoms with van der Waals surface area (Å²) in [7, 11) is 0. The Morgan fingerprint density at radius 3 is 2.11 bits per heavy atom. The van der Waals surface area contributed by atoms with Gasteiger partial charge in [-0.15, -0.1) is 0 Å². The molecule has 0 amide bonds. The number of hydrogen-bond acceptors (Lipinski definition) is 3. The zero-order chi connectivity index (χ0) is 13.3. The summed E-state index contributed by atoms with van der Waals surface area (Å²) in [6, 6.07) is 17.4. The molecule has 0 radical (unpaired) electrons. The topological polar surface area (TPSA) is 44.5 Å². The lowest BCUT2D eigenvalue weighted by molar-refractivity contribution is 0.267. The van der Waals surface area contributed by atoms with Crippen LogP contribution in [0.15, 0.2) is 54.6 Å². The molecule has 0 aliphatic carbocycles. The maximum Gasteiger partial charge on any atom is 0.142 e. The van der Waals surface area contributed by atoms with Crippen LogP contribution in [0, 0.1) is 0 Å². The second-order valence-corrected chi connectivity index (χ2v) is 4.25. The van der Waals surface area contributed by atoms with Crippen molar-refractivity contribution in [3.05, 3.63) is 54.6 Å². The minimum Gasteiger partial charge on any atom is -0.494 e. The van der Waals surface area contributed by atoms with Crippen LogP contribution in [0.2, 0.25) is 0 Å². The van der Waals surface area contributed by atoms with Crippen molar-refractivity contribution in [2.45, 2.75) is 12.8 Å². The number of unbranched alkanes of at least 4 members (excludes halogenated alkanes) is 1. The molecule has 0 bridgehead atoms. The van der Waals surface area contributed by atoms with Crippen molar-refractivity contribution in [2.24, 2.45) is 0 Å². The minimum atomic E-state index is 0.659. The van der Waals surface area contributed by atoms with E-state index in [1.54, 1.807) is 0 Å². The number of ether oxygens (including phenoxy) is 2. The van der Waals surface area contributed by atoms with Gasteiger partial charge in [-0.3, -0.25) is 0 Å². The molecule has 100 valence electrons. The van der Waals surface area contributed by atoms with Gasteiger partial charge in [0, 0.05) is 0 Å². The van der Waals surface area contributed by atoms with Crippen molar-refractivity contribution in [3.8, 4) is 11.5 Å². The van der Waals surface area contributed by atoms with Crippen LogP contribution >= 0.6 is 0 Å². The monoisotopic (exact) mass is 257 g/mol. The summed E-state index contributed by atoms with van der Waals surface area (Å²) >= 11 is 0. The lowest BCUT2D eigenvalue weighted by Gasteiger charge is -2.09. The Hall–Kier alpha value is -2.16. The summed E-state index contributed by atoms with van der Waals surface area (Å²) < 4.78 is 11.2. The fraction of sp³-hybridized carbons (Fsp3) is 0.250. The number of para-hydroxylation sites is 3. The number of hydrogen-bond donors (Lipinski definition) is 1. The van der Waals surface area contributed by atoms with Crippen molar-refractivity contribution in [3.63, 3.8) is 0 Å². The summed E-state index contributed by atoms with van der Waals surface area (Å²) in [5.74, 6) is 1.67. The van der Waals surface area contributed by atoms with Gasteiger partial charge < -0.3 is 15.2 Å². The molecule has 0 fully saturated rings. The fourth-order valence-corrected chi connectivity index (χ4v) is 1.70. The van der Waals surface area contributed by atoms with E-state index in [9.17, 15) is 0 Å². The molecule has 2 aromatic rings. The number of rotatable bonds is 7. The number of anilines is 1. The van der Waals surface area contributed by atoms with E-state index in [1.165, 1.54) is 0 Å². The molecule has 3 nitrogen and oxygen atoms in total. The van der Waals surface area contributed by atoms with Crippen molar-refractivity contribution in [2.75, 3.05) is 18.9 Å². The van der Waals surface area contributed by atoms with Gasteiger partial charge in [0.1, 0.15) is 11.5 Å². The van der Waals surface area contributed by atoms with Crippen molar-refractivity contribution in [1.82, 2.24) is 0 Å². The molecule has 0 aliphatic rings. The van der Waals surface area contributed by atoms with Crippen LogP contribution < -0.4 is 15.2 Å². The first-order chi connectivity index (χ1) is 9.36. The Balaban J connectivity index is 1.59. The Morgan fingerprint density at radius 1 is 0.737 bits per heavy atom. The Morgan fingerprint density at radius 2 is 1.37 bits per heavy atom. The first kappa shape index (κ1) is 13.3. The second kappa shape index (κ2) is 7.31. The molecule has 2 aromatic carbocycles. The van der Waals surface area contributed by atoms with Gasteiger partial charge in [-0.05, 0) is 37.1 Å². The summed E-state index contributed by atoms with van der Waals surface area (Å²) in [6.07, 6.45) is 1.91. The minimum absolute atomic E-state index is 0.659. The molecule has 2 N–H and O–H groups in total. The summed E-state index contributed by atoms with van der Waals surface area (Å²) in [6.45, 7) is 1.37. The van der Waals surface area contributed by atoms with Gasteiger partial charge in [-0.1, -0.05) is 30.3 Å². The molecule has 2 rings (SSSR count). The van der Waals surface area contributed by atoms with E-state index < -0.39 is 0 Å². The lowest BCUT2D eigenvalue weighted by Crippen LogP contribution is -2.03. The van der Waals surface area contributed by atoms with Crippen LogP contribution in [0.3, 0.4) is 0 Å². The van der Waals surface area contributed by atoms with Crippen molar-refractivity contribution >= 4 is 5.69 Å². The van der Waals surface area contributed by atoms with Crippen molar-refractivity contribution in [1.29, 1.82) is 0 Å². The average Bonchev–Trinajstić information content (AvgIpc) is 2.45. The molecule has 3 heteroatoms. The van der Waals surface area contributed by atoms with E-state index in [1.807, 2.05) is 54.6 Å². The van der Waals surface area contributed by atoms with E-state index in [0.29, 0.717) is 18.9 Å². The summed E-state index contributed by atoms with van der Waals surface area (Å²) in [5.41, 5.74) is 6.47. The Labute approximate surface area is 114 Å². The zero-order valence-electron chi connectivity index (χ0n) is 10.9. The predicted molar refractivity (Wildman–Crippen MR) is 77.5 cm³/mol. The zero-order valence-corrected chi connectivity index (χ0v) is 10.9. The van der Waals surface area contributed by atoms with Crippen LogP contribution in [-0.2, 0) is 0 Å². The van der Waals surface area contributed by atoms with E-state index in [4.69, 9.17) is 15.2 Å². The smallest absolute Gasteiger partial charge is 0.142 e. The van der Waals surface area contributed by atoms with Crippen molar-refractivity contribution < 1.29 is 9.47 Å². The molecule has 0 aromatic heterocycles. The van der Waals surface area contributed by atoms with E-state index in [2.05, 4.69) is 0 Å². The van der Waals surface area contributed by atoms with Gasteiger partial charge >= 0.3 is 0 Å². The molecule has 0 aliphatic heterocycles. The third kappa shape index (κ3) is 4.54. The highest BCUT2D eigenvalue weighted by molar-refractivity contribution is 5.51. The van der Waals surface area contributed by atoms with E-state index >= 15 is 0 Å². The van der Waals surface area contributed by atoms with Gasteiger partial charge in [0.05, 0.1) is 18.9 Å². The molecule has 0 saturated heterocycles. The second-order valence-electron chi connectivity index (χ2n) is 4.25. The maximum absolute atomic E-state index is 5.79. The highest BCUT2D eigenvalue weighted by Gasteiger charge is 1.98. The van der Waals surface area contributed by atoms with Gasteiger partial charge in [0.2, 0.25) is 0 Å². The van der Waals surface area contributed by atoms with Gasteiger partial charge in [-0.25, -0.2) is 0 Å². The van der Waals surface area contributed by atoms with Crippen LogP contribution in [0.1, 0.15) is 12.8 Å². The van der Waals surface area contributed by atoms with E-state index in [0.717, 1.165) is 24.3 Å². The van der Waals surface area contributed by atoms with Gasteiger partial charge in [-0.2, -0.15) is 0 Å². The molecule has 0 spiro atoms. The quantitative estimate of drug-likeness (QED) is 0.610. The number of nitrogen functional groups attached to an aromatic ring is 1. The molecule has 0 heterocycles. The molecular weight excluding hydrogens is 238 g/mol. The van der Waals surface area contributed by atoms with Gasteiger partial charge in [0.25, 0.3) is 0 Å². The first-order valence-electron chi connectivity index (χ1n) is 6.51. The van der Waals surface area contributed by atoms with Crippen LogP contribution in [0.5, 0.6) is 11.5 Å². The molecule has 0 unspecified atom stereocenters. The average molecular weight is 257 g/mol. The Bertz CT molecular complexity index is 485. The third-order valence-electron chi connectivity index (χ3n) is 2.73. The SMILES string of the molecule is Nc1ccccc1OCCCCOc1ccccc1. The third-order valence-corrected chi connectivity index (χ3v) is 2.73. The molecule has 0 atom stereocenters. The lowest BCUT2D eigenvalue weighted by atomic mass is 10.3. The molecule has 0 saturated carbocycles. The van der Waals surface area contributed by atoms with Crippen LogP contribution in [0.25, 0.3) is 0 Å². The highest BCUT2D eigenvalue weighted by atomic mass is 16.5. The Kier molecular flexibility index (Phi) is 5.11. The van der Waals surface area contributed by atoms with E-state index in [-0.39, 0.29) is 0 Å². The number of nitrogens with two attached hydrogens (primary N) is 1.